The predicted molar refractivity (Wildman–Crippen MR) is 132 cm³/mol. The molecule has 3 aromatic heterocycles. The summed E-state index contributed by atoms with van der Waals surface area (Å²) in [7, 11) is 1.88. The second kappa shape index (κ2) is 8.24. The Morgan fingerprint density at radius 2 is 1.89 bits per heavy atom. The number of hydrogen-bond acceptors (Lipinski definition) is 6. The van der Waals surface area contributed by atoms with Crippen LogP contribution in [-0.4, -0.2) is 42.6 Å². The average Bonchev–Trinajstić information content (AvgIpc) is 3.53. The van der Waals surface area contributed by atoms with Gasteiger partial charge in [0, 0.05) is 47.7 Å². The minimum Gasteiger partial charge on any atom is -0.478 e. The highest BCUT2D eigenvalue weighted by Crippen LogP contribution is 2.39. The van der Waals surface area contributed by atoms with E-state index in [9.17, 15) is 4.79 Å². The van der Waals surface area contributed by atoms with Crippen LogP contribution in [0.2, 0.25) is 0 Å². The van der Waals surface area contributed by atoms with Crippen LogP contribution < -0.4 is 14.5 Å². The van der Waals surface area contributed by atoms with Crippen molar-refractivity contribution in [2.75, 3.05) is 16.4 Å². The molecule has 1 aliphatic heterocycles. The monoisotopic (exact) mass is 466 g/mol. The second-order valence-electron chi connectivity index (χ2n) is 8.22. The molecule has 6 rings (SSSR count). The third-order valence-corrected chi connectivity index (χ3v) is 5.95. The van der Waals surface area contributed by atoms with E-state index in [2.05, 4.69) is 25.3 Å². The maximum Gasteiger partial charge on any atom is 0.333 e. The van der Waals surface area contributed by atoms with Crippen LogP contribution >= 0.6 is 0 Å². The highest BCUT2D eigenvalue weighted by Gasteiger charge is 2.33. The van der Waals surface area contributed by atoms with Gasteiger partial charge in [-0.05, 0) is 49.4 Å². The summed E-state index contributed by atoms with van der Waals surface area (Å²) in [5, 5.41) is 12.2. The zero-order chi connectivity index (χ0) is 23.9. The summed E-state index contributed by atoms with van der Waals surface area (Å²) >= 11 is 0. The van der Waals surface area contributed by atoms with Gasteiger partial charge < -0.3 is 4.74 Å². The van der Waals surface area contributed by atoms with Gasteiger partial charge in [-0.15, -0.1) is 0 Å². The molecule has 4 heterocycles. The number of ether oxygens (including phenoxy) is 1. The van der Waals surface area contributed by atoms with E-state index in [1.165, 1.54) is 6.33 Å². The number of fused-ring (bicyclic) bond motifs is 2. The fourth-order valence-electron chi connectivity index (χ4n) is 4.34. The van der Waals surface area contributed by atoms with Gasteiger partial charge in [-0.1, -0.05) is 0 Å². The molecule has 1 N–H and O–H groups in total. The number of urea groups is 1. The first-order chi connectivity index (χ1) is 17.1. The van der Waals surface area contributed by atoms with Crippen LogP contribution in [0.3, 0.4) is 0 Å². The standard InChI is InChI=1S/C25H22N8O2/c1-3-35-23-11-22-18(12-26-23)14-32(20-8-9-21-17(10-20)13-31(2)30-21)25(34)33(22)19-6-4-16(5-7-19)24-27-15-28-29-24/h4-13,15H,3,14H2,1-2H3,(H,27,28,29). The average molecular weight is 467 g/mol. The Kier molecular flexibility index (Phi) is 4.91. The number of nitrogens with one attached hydrogen (secondary N) is 1. The highest BCUT2D eigenvalue weighted by atomic mass is 16.5. The van der Waals surface area contributed by atoms with E-state index < -0.39 is 0 Å². The normalized spacial score (nSPS) is 13.4. The third kappa shape index (κ3) is 3.65. The smallest absolute Gasteiger partial charge is 0.333 e. The van der Waals surface area contributed by atoms with Gasteiger partial charge in [0.2, 0.25) is 5.88 Å². The van der Waals surface area contributed by atoms with Gasteiger partial charge in [0.25, 0.3) is 0 Å². The zero-order valence-corrected chi connectivity index (χ0v) is 19.2. The van der Waals surface area contributed by atoms with Crippen molar-refractivity contribution in [2.24, 2.45) is 7.05 Å². The molecule has 174 valence electrons. The van der Waals surface area contributed by atoms with Crippen molar-refractivity contribution in [3.63, 3.8) is 0 Å². The van der Waals surface area contributed by atoms with Crippen molar-refractivity contribution in [3.05, 3.63) is 72.8 Å². The Bertz CT molecular complexity index is 1530. The van der Waals surface area contributed by atoms with Gasteiger partial charge in [0.05, 0.1) is 30.0 Å². The number of rotatable bonds is 5. The molecule has 1 aliphatic rings. The van der Waals surface area contributed by atoms with E-state index in [0.29, 0.717) is 24.9 Å². The van der Waals surface area contributed by atoms with Crippen LogP contribution in [0.4, 0.5) is 21.9 Å². The molecule has 0 spiro atoms. The maximum absolute atomic E-state index is 14.0. The largest absolute Gasteiger partial charge is 0.478 e. The Hall–Kier alpha value is -4.73. The number of carbonyl (C=O) groups is 1. The minimum atomic E-state index is -0.165. The Morgan fingerprint density at radius 3 is 2.66 bits per heavy atom. The van der Waals surface area contributed by atoms with Crippen molar-refractivity contribution in [3.8, 4) is 17.3 Å². The number of amides is 2. The third-order valence-electron chi connectivity index (χ3n) is 5.95. The number of nitrogens with zero attached hydrogens (tertiary/aromatic N) is 7. The Balaban J connectivity index is 1.44. The molecule has 0 unspecified atom stereocenters. The zero-order valence-electron chi connectivity index (χ0n) is 19.2. The van der Waals surface area contributed by atoms with E-state index in [1.54, 1.807) is 20.7 Å². The highest BCUT2D eigenvalue weighted by molar-refractivity contribution is 6.11. The molecule has 35 heavy (non-hydrogen) atoms. The minimum absolute atomic E-state index is 0.165. The van der Waals surface area contributed by atoms with Gasteiger partial charge >= 0.3 is 6.03 Å². The van der Waals surface area contributed by atoms with Gasteiger partial charge in [-0.2, -0.15) is 10.2 Å². The molecule has 0 aliphatic carbocycles. The lowest BCUT2D eigenvalue weighted by molar-refractivity contribution is 0.252. The summed E-state index contributed by atoms with van der Waals surface area (Å²) in [6.07, 6.45) is 5.18. The molecule has 2 amide bonds. The summed E-state index contributed by atoms with van der Waals surface area (Å²) in [5.74, 6) is 1.14. The molecule has 0 saturated heterocycles. The van der Waals surface area contributed by atoms with E-state index in [1.807, 2.05) is 68.7 Å². The van der Waals surface area contributed by atoms with E-state index in [4.69, 9.17) is 4.74 Å². The van der Waals surface area contributed by atoms with Crippen LogP contribution in [0.5, 0.6) is 5.88 Å². The lowest BCUT2D eigenvalue weighted by Gasteiger charge is -2.37. The van der Waals surface area contributed by atoms with Crippen LogP contribution in [-0.2, 0) is 13.6 Å². The lowest BCUT2D eigenvalue weighted by atomic mass is 10.1. The molecular weight excluding hydrogens is 444 g/mol. The van der Waals surface area contributed by atoms with E-state index in [0.717, 1.165) is 39.1 Å². The summed E-state index contributed by atoms with van der Waals surface area (Å²) in [5.41, 5.74) is 4.93. The number of H-pyrrole nitrogens is 1. The van der Waals surface area contributed by atoms with Crippen molar-refractivity contribution in [2.45, 2.75) is 13.5 Å². The fraction of sp³-hybridized carbons (Fsp3) is 0.160. The molecule has 0 radical (unpaired) electrons. The molecule has 5 aromatic rings. The Morgan fingerprint density at radius 1 is 1.06 bits per heavy atom. The summed E-state index contributed by atoms with van der Waals surface area (Å²) < 4.78 is 7.40. The number of pyridine rings is 1. The first-order valence-corrected chi connectivity index (χ1v) is 11.2. The lowest BCUT2D eigenvalue weighted by Crippen LogP contribution is -2.45. The van der Waals surface area contributed by atoms with E-state index in [-0.39, 0.29) is 6.03 Å². The number of benzene rings is 2. The van der Waals surface area contributed by atoms with Crippen molar-refractivity contribution in [1.29, 1.82) is 0 Å². The molecule has 0 saturated carbocycles. The summed E-state index contributed by atoms with van der Waals surface area (Å²) in [4.78, 5) is 26.0. The first-order valence-electron chi connectivity index (χ1n) is 11.2. The molecular formula is C25H22N8O2. The van der Waals surface area contributed by atoms with Crippen molar-refractivity contribution >= 4 is 34.0 Å². The quantitative estimate of drug-likeness (QED) is 0.411. The summed E-state index contributed by atoms with van der Waals surface area (Å²) in [6.45, 7) is 2.79. The number of carbonyl (C=O) groups excluding carboxylic acids is 1. The number of anilines is 3. The van der Waals surface area contributed by atoms with Crippen LogP contribution in [0.15, 0.2) is 67.3 Å². The van der Waals surface area contributed by atoms with Gasteiger partial charge in [0.15, 0.2) is 5.82 Å². The maximum atomic E-state index is 14.0. The molecule has 10 nitrogen and oxygen atoms in total. The number of aromatic nitrogens is 6. The molecule has 0 fully saturated rings. The second-order valence-corrected chi connectivity index (χ2v) is 8.22. The molecule has 2 aromatic carbocycles. The van der Waals surface area contributed by atoms with E-state index >= 15 is 0 Å². The van der Waals surface area contributed by atoms with Crippen molar-refractivity contribution < 1.29 is 9.53 Å². The van der Waals surface area contributed by atoms with Crippen LogP contribution in [0.1, 0.15) is 12.5 Å². The predicted octanol–water partition coefficient (Wildman–Crippen LogP) is 4.43. The Labute approximate surface area is 200 Å². The molecule has 0 atom stereocenters. The van der Waals surface area contributed by atoms with Crippen LogP contribution in [0, 0.1) is 0 Å². The number of aromatic amines is 1. The number of aryl methyl sites for hydroxylation is 1. The van der Waals surface area contributed by atoms with Crippen molar-refractivity contribution in [1.82, 2.24) is 29.9 Å². The van der Waals surface area contributed by atoms with Gasteiger partial charge in [-0.25, -0.2) is 14.8 Å². The first kappa shape index (κ1) is 20.8. The molecule has 10 heteroatoms. The summed E-state index contributed by atoms with van der Waals surface area (Å²) in [6, 6.07) is 15.1. The van der Waals surface area contributed by atoms with Gasteiger partial charge in [0.1, 0.15) is 6.33 Å². The number of hydrogen-bond donors (Lipinski definition) is 1. The topological polar surface area (TPSA) is 105 Å². The van der Waals surface area contributed by atoms with Gasteiger partial charge in [-0.3, -0.25) is 19.6 Å². The SMILES string of the molecule is CCOc1cc2c(cn1)CN(c1ccc3nn(C)cc3c1)C(=O)N2c1ccc(-c2ncn[nH]2)cc1. The fourth-order valence-corrected chi connectivity index (χ4v) is 4.34. The molecule has 0 bridgehead atoms. The van der Waals surface area contributed by atoms with Crippen LogP contribution in [0.25, 0.3) is 22.3 Å².